The monoisotopic (exact) mass is 348 g/mol. The minimum absolute atomic E-state index is 0.0782. The number of benzene rings is 1. The van der Waals surface area contributed by atoms with Crippen molar-refractivity contribution in [3.05, 3.63) is 29.0 Å². The third kappa shape index (κ3) is 4.10. The number of aliphatic imine (C=N–C) groups is 1. The predicted molar refractivity (Wildman–Crippen MR) is 81.1 cm³/mol. The maximum absolute atomic E-state index is 13.1. The molecule has 0 radical (unpaired) electrons. The minimum atomic E-state index is -1.56. The molecule has 1 aromatic carbocycles. The van der Waals surface area contributed by atoms with E-state index in [1.54, 1.807) is 11.9 Å². The summed E-state index contributed by atoms with van der Waals surface area (Å²) in [6, 6.07) is 4.07. The Labute approximate surface area is 137 Å². The normalized spacial score (nSPS) is 23.7. The van der Waals surface area contributed by atoms with Crippen LogP contribution in [0, 0.1) is 5.82 Å². The predicted octanol–water partition coefficient (Wildman–Crippen LogP) is -0.128. The highest BCUT2D eigenvalue weighted by molar-refractivity contribution is 6.31. The largest absolute Gasteiger partial charge is 0.457 e. The van der Waals surface area contributed by atoms with E-state index in [0.29, 0.717) is 5.69 Å². The minimum Gasteiger partial charge on any atom is -0.457 e. The first-order chi connectivity index (χ1) is 10.8. The second-order valence-electron chi connectivity index (χ2n) is 5.26. The molecular formula is C14H18ClFN2O5. The van der Waals surface area contributed by atoms with Crippen molar-refractivity contribution >= 4 is 23.3 Å². The van der Waals surface area contributed by atoms with Gasteiger partial charge < -0.3 is 30.1 Å². The molecule has 0 amide bonds. The first-order valence-electron chi connectivity index (χ1n) is 6.90. The van der Waals surface area contributed by atoms with Gasteiger partial charge in [-0.25, -0.2) is 4.39 Å². The number of halogens is 2. The summed E-state index contributed by atoms with van der Waals surface area (Å²) in [5.74, 6) is -0.564. The summed E-state index contributed by atoms with van der Waals surface area (Å²) in [6.45, 7) is -0.472. The van der Waals surface area contributed by atoms with Crippen LogP contribution in [0.1, 0.15) is 0 Å². The fourth-order valence-electron chi connectivity index (χ4n) is 2.12. The second kappa shape index (κ2) is 7.41. The van der Waals surface area contributed by atoms with Crippen molar-refractivity contribution in [2.75, 3.05) is 20.2 Å². The van der Waals surface area contributed by atoms with Gasteiger partial charge in [-0.1, -0.05) is 11.6 Å². The Bertz CT molecular complexity index is 588. The van der Waals surface area contributed by atoms with Crippen LogP contribution in [-0.4, -0.2) is 76.0 Å². The lowest BCUT2D eigenvalue weighted by Crippen LogP contribution is -2.47. The third-order valence-corrected chi connectivity index (χ3v) is 3.77. The summed E-state index contributed by atoms with van der Waals surface area (Å²) < 4.78 is 18.6. The average molecular weight is 349 g/mol. The number of amidine groups is 1. The zero-order valence-corrected chi connectivity index (χ0v) is 13.1. The van der Waals surface area contributed by atoms with Crippen LogP contribution in [0.5, 0.6) is 0 Å². The number of rotatable bonds is 5. The SMILES string of the molecule is CN1CC([C@@H](O)[C@H](O)[C@H](O)CO)OC1=Nc1ccc(F)c(Cl)c1. The second-order valence-corrected chi connectivity index (χ2v) is 5.67. The summed E-state index contributed by atoms with van der Waals surface area (Å²) in [5.41, 5.74) is 0.365. The number of hydrogen-bond acceptors (Lipinski definition) is 6. The molecule has 9 heteroatoms. The van der Waals surface area contributed by atoms with E-state index in [1.165, 1.54) is 18.2 Å². The summed E-state index contributed by atoms with van der Waals surface area (Å²) >= 11 is 5.68. The van der Waals surface area contributed by atoms with Crippen LogP contribution in [0.2, 0.25) is 5.02 Å². The number of ether oxygens (including phenoxy) is 1. The molecule has 0 spiro atoms. The summed E-state index contributed by atoms with van der Waals surface area (Å²) in [7, 11) is 1.66. The Morgan fingerprint density at radius 2 is 2.13 bits per heavy atom. The molecule has 1 unspecified atom stereocenters. The lowest BCUT2D eigenvalue weighted by atomic mass is 10.0. The highest BCUT2D eigenvalue weighted by atomic mass is 35.5. The van der Waals surface area contributed by atoms with Gasteiger partial charge in [0, 0.05) is 7.05 Å². The Morgan fingerprint density at radius 1 is 1.43 bits per heavy atom. The number of aliphatic hydroxyl groups is 4. The molecule has 128 valence electrons. The van der Waals surface area contributed by atoms with Crippen LogP contribution in [0.4, 0.5) is 10.1 Å². The molecular weight excluding hydrogens is 331 g/mol. The van der Waals surface area contributed by atoms with Crippen LogP contribution in [0.25, 0.3) is 0 Å². The number of aliphatic hydroxyl groups excluding tert-OH is 4. The van der Waals surface area contributed by atoms with E-state index in [2.05, 4.69) is 4.99 Å². The lowest BCUT2D eigenvalue weighted by molar-refractivity contribution is -0.106. The first kappa shape index (κ1) is 17.9. The van der Waals surface area contributed by atoms with Gasteiger partial charge in [0.05, 0.1) is 23.9 Å². The summed E-state index contributed by atoms with van der Waals surface area (Å²) in [4.78, 5) is 5.75. The van der Waals surface area contributed by atoms with Gasteiger partial charge in [0.1, 0.15) is 30.2 Å². The van der Waals surface area contributed by atoms with Crippen molar-refractivity contribution in [1.29, 1.82) is 0 Å². The number of likely N-dealkylation sites (N-methyl/N-ethyl adjacent to an activating group) is 1. The van der Waals surface area contributed by atoms with Gasteiger partial charge >= 0.3 is 0 Å². The van der Waals surface area contributed by atoms with E-state index < -0.39 is 36.8 Å². The van der Waals surface area contributed by atoms with E-state index in [9.17, 15) is 19.7 Å². The molecule has 0 saturated carbocycles. The molecule has 0 aromatic heterocycles. The smallest absolute Gasteiger partial charge is 0.292 e. The quantitative estimate of drug-likeness (QED) is 0.591. The number of nitrogens with zero attached hydrogens (tertiary/aromatic N) is 2. The van der Waals surface area contributed by atoms with E-state index >= 15 is 0 Å². The molecule has 1 heterocycles. The highest BCUT2D eigenvalue weighted by Gasteiger charge is 2.38. The molecule has 1 aliphatic rings. The lowest BCUT2D eigenvalue weighted by Gasteiger charge is -2.24. The van der Waals surface area contributed by atoms with Gasteiger partial charge in [-0.05, 0) is 18.2 Å². The molecule has 1 saturated heterocycles. The Morgan fingerprint density at radius 3 is 2.74 bits per heavy atom. The first-order valence-corrected chi connectivity index (χ1v) is 7.28. The number of hydrogen-bond donors (Lipinski definition) is 4. The molecule has 2 rings (SSSR count). The van der Waals surface area contributed by atoms with E-state index in [1.807, 2.05) is 0 Å². The maximum atomic E-state index is 13.1. The van der Waals surface area contributed by atoms with E-state index in [4.69, 9.17) is 21.4 Å². The molecule has 4 atom stereocenters. The molecule has 1 fully saturated rings. The van der Waals surface area contributed by atoms with Crippen molar-refractivity contribution in [1.82, 2.24) is 4.90 Å². The molecule has 23 heavy (non-hydrogen) atoms. The third-order valence-electron chi connectivity index (χ3n) is 3.48. The molecule has 7 nitrogen and oxygen atoms in total. The average Bonchev–Trinajstić information content (AvgIpc) is 2.89. The zero-order valence-electron chi connectivity index (χ0n) is 12.3. The Kier molecular flexibility index (Phi) is 5.77. The molecule has 0 bridgehead atoms. The molecule has 1 aromatic rings. The van der Waals surface area contributed by atoms with Gasteiger partial charge in [-0.2, -0.15) is 4.99 Å². The van der Waals surface area contributed by atoms with Crippen molar-refractivity contribution in [3.8, 4) is 0 Å². The topological polar surface area (TPSA) is 106 Å². The van der Waals surface area contributed by atoms with E-state index in [0.717, 1.165) is 0 Å². The molecule has 1 aliphatic heterocycles. The van der Waals surface area contributed by atoms with Crippen LogP contribution >= 0.6 is 11.6 Å². The fraction of sp³-hybridized carbons (Fsp3) is 0.500. The standard InChI is InChI=1S/C14H18ClFN2O5/c1-18-5-11(13(22)12(21)10(20)6-19)23-14(18)17-7-2-3-9(16)8(15)4-7/h2-4,10-13,19-22H,5-6H2,1H3/t10-,11?,12-,13-/m1/s1. The fourth-order valence-corrected chi connectivity index (χ4v) is 2.30. The van der Waals surface area contributed by atoms with Gasteiger partial charge in [-0.3, -0.25) is 0 Å². The van der Waals surface area contributed by atoms with Gasteiger partial charge in [-0.15, -0.1) is 0 Å². The Balaban J connectivity index is 2.11. The van der Waals surface area contributed by atoms with Crippen LogP contribution in [0.3, 0.4) is 0 Å². The van der Waals surface area contributed by atoms with Crippen molar-refractivity contribution in [3.63, 3.8) is 0 Å². The maximum Gasteiger partial charge on any atom is 0.292 e. The van der Waals surface area contributed by atoms with Crippen molar-refractivity contribution < 1.29 is 29.6 Å². The summed E-state index contributed by atoms with van der Waals surface area (Å²) in [6.07, 6.45) is -5.29. The van der Waals surface area contributed by atoms with Crippen LogP contribution < -0.4 is 0 Å². The van der Waals surface area contributed by atoms with Gasteiger partial charge in [0.15, 0.2) is 0 Å². The van der Waals surface area contributed by atoms with E-state index in [-0.39, 0.29) is 17.6 Å². The zero-order chi connectivity index (χ0) is 17.1. The van der Waals surface area contributed by atoms with Gasteiger partial charge in [0.25, 0.3) is 6.02 Å². The van der Waals surface area contributed by atoms with Crippen LogP contribution in [0.15, 0.2) is 23.2 Å². The Hall–Kier alpha value is -1.45. The van der Waals surface area contributed by atoms with Crippen molar-refractivity contribution in [2.24, 2.45) is 4.99 Å². The summed E-state index contributed by atoms with van der Waals surface area (Å²) in [5, 5.41) is 37.8. The van der Waals surface area contributed by atoms with Gasteiger partial charge in [0.2, 0.25) is 0 Å². The molecule has 0 aliphatic carbocycles. The molecule has 4 N–H and O–H groups in total. The highest BCUT2D eigenvalue weighted by Crippen LogP contribution is 2.24. The van der Waals surface area contributed by atoms with Crippen molar-refractivity contribution in [2.45, 2.75) is 24.4 Å². The van der Waals surface area contributed by atoms with Crippen LogP contribution in [-0.2, 0) is 4.74 Å².